The molecule has 1 aromatic heterocycles. The van der Waals surface area contributed by atoms with Crippen molar-refractivity contribution in [3.05, 3.63) is 54.1 Å². The monoisotopic (exact) mass is 353 g/mol. The summed E-state index contributed by atoms with van der Waals surface area (Å²) in [5.41, 5.74) is 2.45. The number of amides is 1. The Kier molecular flexibility index (Phi) is 4.15. The van der Waals surface area contributed by atoms with Gasteiger partial charge in [0, 0.05) is 5.69 Å². The van der Waals surface area contributed by atoms with Gasteiger partial charge in [-0.25, -0.2) is 0 Å². The number of aromatic nitrogens is 2. The minimum atomic E-state index is -0.315. The molecular formula is C18H15N3O3S. The molecular weight excluding hydrogens is 338 g/mol. The molecule has 1 atom stereocenters. The first kappa shape index (κ1) is 15.7. The van der Waals surface area contributed by atoms with E-state index in [1.165, 1.54) is 11.8 Å². The van der Waals surface area contributed by atoms with Crippen molar-refractivity contribution in [2.45, 2.75) is 23.3 Å². The lowest BCUT2D eigenvalue weighted by Gasteiger charge is -2.09. The van der Waals surface area contributed by atoms with Crippen LogP contribution in [0.4, 0.5) is 5.69 Å². The molecule has 2 aromatic carbocycles. The van der Waals surface area contributed by atoms with Crippen LogP contribution in [-0.4, -0.2) is 26.5 Å². The molecule has 1 aliphatic heterocycles. The van der Waals surface area contributed by atoms with Crippen LogP contribution in [0.2, 0.25) is 0 Å². The van der Waals surface area contributed by atoms with Gasteiger partial charge in [0.2, 0.25) is 5.91 Å². The Bertz CT molecular complexity index is 925. The Morgan fingerprint density at radius 1 is 1.12 bits per heavy atom. The van der Waals surface area contributed by atoms with E-state index in [1.807, 2.05) is 24.3 Å². The van der Waals surface area contributed by atoms with Crippen molar-refractivity contribution < 1.29 is 14.3 Å². The number of fused-ring (bicyclic) bond motifs is 1. The zero-order chi connectivity index (χ0) is 17.2. The number of carbonyl (C=O) groups excluding carboxylic acids is 1. The van der Waals surface area contributed by atoms with Gasteiger partial charge in [0.1, 0.15) is 5.75 Å². The van der Waals surface area contributed by atoms with Gasteiger partial charge in [0.25, 0.3) is 11.1 Å². The number of hydrogen-bond acceptors (Lipinski definition) is 6. The van der Waals surface area contributed by atoms with E-state index in [-0.39, 0.29) is 22.8 Å². The maximum atomic E-state index is 12.5. The van der Waals surface area contributed by atoms with E-state index >= 15 is 0 Å². The zero-order valence-electron chi connectivity index (χ0n) is 13.2. The molecule has 3 aromatic rings. The molecule has 0 radical (unpaired) electrons. The lowest BCUT2D eigenvalue weighted by molar-refractivity contribution is -0.115. The molecule has 0 spiro atoms. The van der Waals surface area contributed by atoms with Gasteiger partial charge >= 0.3 is 0 Å². The van der Waals surface area contributed by atoms with Crippen molar-refractivity contribution in [3.63, 3.8) is 0 Å². The number of rotatable bonds is 3. The molecule has 0 saturated carbocycles. The number of aryl methyl sites for hydroxylation is 1. The summed E-state index contributed by atoms with van der Waals surface area (Å²) < 4.78 is 5.62. The zero-order valence-corrected chi connectivity index (χ0v) is 14.0. The molecule has 7 heteroatoms. The number of nitrogens with zero attached hydrogens (tertiary/aromatic N) is 2. The molecule has 2 heterocycles. The van der Waals surface area contributed by atoms with Crippen LogP contribution in [0.1, 0.15) is 12.0 Å². The highest BCUT2D eigenvalue weighted by molar-refractivity contribution is 8.00. The summed E-state index contributed by atoms with van der Waals surface area (Å²) in [4.78, 5) is 12.5. The minimum Gasteiger partial charge on any atom is -0.507 e. The number of hydrogen-bond donors (Lipinski definition) is 2. The summed E-state index contributed by atoms with van der Waals surface area (Å²) in [6.07, 6.45) is 1.48. The summed E-state index contributed by atoms with van der Waals surface area (Å²) in [5, 5.41) is 20.8. The lowest BCUT2D eigenvalue weighted by atomic mass is 10.1. The molecule has 6 nitrogen and oxygen atoms in total. The molecule has 4 rings (SSSR count). The fourth-order valence-corrected chi connectivity index (χ4v) is 3.61. The Hall–Kier alpha value is -2.80. The van der Waals surface area contributed by atoms with Gasteiger partial charge in [-0.2, -0.15) is 0 Å². The average molecular weight is 353 g/mol. The molecule has 0 aliphatic carbocycles. The van der Waals surface area contributed by atoms with Gasteiger partial charge < -0.3 is 14.8 Å². The van der Waals surface area contributed by atoms with Crippen molar-refractivity contribution in [2.24, 2.45) is 0 Å². The van der Waals surface area contributed by atoms with Crippen LogP contribution >= 0.6 is 11.8 Å². The van der Waals surface area contributed by atoms with E-state index in [2.05, 4.69) is 15.5 Å². The summed E-state index contributed by atoms with van der Waals surface area (Å²) in [5.74, 6) is 0.237. The Morgan fingerprint density at radius 3 is 2.80 bits per heavy atom. The number of aromatic hydroxyl groups is 1. The van der Waals surface area contributed by atoms with Crippen LogP contribution in [-0.2, 0) is 11.2 Å². The van der Waals surface area contributed by atoms with Crippen LogP contribution in [0.5, 0.6) is 5.75 Å². The maximum Gasteiger partial charge on any atom is 0.277 e. The van der Waals surface area contributed by atoms with E-state index < -0.39 is 0 Å². The average Bonchev–Trinajstić information content (AvgIpc) is 3.01. The number of benzene rings is 2. The number of phenolic OH excluding ortho intramolecular Hbond substituents is 1. The number of carbonyl (C=O) groups is 1. The first-order chi connectivity index (χ1) is 12.2. The summed E-state index contributed by atoms with van der Waals surface area (Å²) in [6, 6.07) is 14.6. The third-order valence-electron chi connectivity index (χ3n) is 4.03. The number of nitrogens with one attached hydrogen (secondary N) is 1. The Labute approximate surface area is 148 Å². The molecule has 0 fully saturated rings. The second-order valence-electron chi connectivity index (χ2n) is 5.68. The van der Waals surface area contributed by atoms with Crippen LogP contribution in [0, 0.1) is 0 Å². The number of thioether (sulfide) groups is 1. The fourth-order valence-electron chi connectivity index (χ4n) is 2.75. The van der Waals surface area contributed by atoms with Gasteiger partial charge in [0.15, 0.2) is 0 Å². The second-order valence-corrected chi connectivity index (χ2v) is 6.84. The molecule has 2 N–H and O–H groups in total. The SMILES string of the molecule is O=C1Nc2ccccc2CCC1Sc1nnc(-c2ccccc2O)o1. The largest absolute Gasteiger partial charge is 0.507 e. The standard InChI is InChI=1S/C18H15N3O3S/c22-14-8-4-2-6-12(14)17-20-21-18(24-17)25-15-10-9-11-5-1-3-7-13(11)19-16(15)23/h1-8,15,22H,9-10H2,(H,19,23). The maximum absolute atomic E-state index is 12.5. The van der Waals surface area contributed by atoms with Gasteiger partial charge in [0.05, 0.1) is 10.8 Å². The number of phenols is 1. The van der Waals surface area contributed by atoms with E-state index in [1.54, 1.807) is 24.3 Å². The first-order valence-electron chi connectivity index (χ1n) is 7.88. The Morgan fingerprint density at radius 2 is 1.92 bits per heavy atom. The van der Waals surface area contributed by atoms with Gasteiger partial charge in [-0.1, -0.05) is 42.1 Å². The fraction of sp³-hybridized carbons (Fsp3) is 0.167. The predicted octanol–water partition coefficient (Wildman–Crippen LogP) is 3.49. The molecule has 0 saturated heterocycles. The third kappa shape index (κ3) is 3.23. The van der Waals surface area contributed by atoms with Crippen LogP contribution in [0.3, 0.4) is 0 Å². The first-order valence-corrected chi connectivity index (χ1v) is 8.76. The molecule has 1 unspecified atom stereocenters. The third-order valence-corrected chi connectivity index (χ3v) is 5.13. The minimum absolute atomic E-state index is 0.0720. The van der Waals surface area contributed by atoms with Crippen molar-refractivity contribution >= 4 is 23.4 Å². The van der Waals surface area contributed by atoms with Crippen LogP contribution in [0.15, 0.2) is 58.2 Å². The van der Waals surface area contributed by atoms with Gasteiger partial charge in [-0.15, -0.1) is 10.2 Å². The highest BCUT2D eigenvalue weighted by Gasteiger charge is 2.26. The van der Waals surface area contributed by atoms with Crippen LogP contribution in [0.25, 0.3) is 11.5 Å². The van der Waals surface area contributed by atoms with E-state index in [4.69, 9.17) is 4.42 Å². The van der Waals surface area contributed by atoms with Crippen molar-refractivity contribution in [2.75, 3.05) is 5.32 Å². The summed E-state index contributed by atoms with van der Waals surface area (Å²) in [6.45, 7) is 0. The van der Waals surface area contributed by atoms with Crippen molar-refractivity contribution in [3.8, 4) is 17.2 Å². The number of anilines is 1. The lowest BCUT2D eigenvalue weighted by Crippen LogP contribution is -2.23. The topological polar surface area (TPSA) is 88.2 Å². The molecule has 126 valence electrons. The Balaban J connectivity index is 1.52. The quantitative estimate of drug-likeness (QED) is 0.749. The predicted molar refractivity (Wildman–Crippen MR) is 94.4 cm³/mol. The van der Waals surface area contributed by atoms with E-state index in [0.29, 0.717) is 17.2 Å². The van der Waals surface area contributed by atoms with Crippen LogP contribution < -0.4 is 5.32 Å². The van der Waals surface area contributed by atoms with E-state index in [0.717, 1.165) is 17.7 Å². The van der Waals surface area contributed by atoms with Crippen molar-refractivity contribution in [1.29, 1.82) is 0 Å². The summed E-state index contributed by atoms with van der Waals surface area (Å²) in [7, 11) is 0. The normalized spacial score (nSPS) is 16.8. The smallest absolute Gasteiger partial charge is 0.277 e. The number of para-hydroxylation sites is 2. The highest BCUT2D eigenvalue weighted by Crippen LogP contribution is 2.34. The van der Waals surface area contributed by atoms with E-state index in [9.17, 15) is 9.90 Å². The molecule has 1 aliphatic rings. The molecule has 1 amide bonds. The highest BCUT2D eigenvalue weighted by atomic mass is 32.2. The van der Waals surface area contributed by atoms with Gasteiger partial charge in [-0.05, 0) is 36.6 Å². The molecule has 0 bridgehead atoms. The second kappa shape index (κ2) is 6.60. The molecule has 25 heavy (non-hydrogen) atoms. The summed E-state index contributed by atoms with van der Waals surface area (Å²) >= 11 is 1.24. The van der Waals surface area contributed by atoms with Crippen molar-refractivity contribution in [1.82, 2.24) is 10.2 Å². The van der Waals surface area contributed by atoms with Gasteiger partial charge in [-0.3, -0.25) is 4.79 Å².